The van der Waals surface area contributed by atoms with Gasteiger partial charge < -0.3 is 19.9 Å². The van der Waals surface area contributed by atoms with E-state index in [2.05, 4.69) is 58.7 Å². The van der Waals surface area contributed by atoms with Crippen molar-refractivity contribution in [3.05, 3.63) is 132 Å². The number of methoxy groups -OCH3 is 1. The zero-order valence-corrected chi connectivity index (χ0v) is 24.9. The molecule has 5 rings (SSSR count). The molecule has 1 heterocycles. The third-order valence-electron chi connectivity index (χ3n) is 8.16. The summed E-state index contributed by atoms with van der Waals surface area (Å²) in [6.45, 7) is 5.17. The Bertz CT molecular complexity index is 1420. The second-order valence-corrected chi connectivity index (χ2v) is 10.8. The van der Waals surface area contributed by atoms with E-state index in [-0.39, 0.29) is 30.4 Å². The molecule has 0 aromatic heterocycles. The minimum absolute atomic E-state index is 0.0649. The van der Waals surface area contributed by atoms with E-state index in [1.807, 2.05) is 72.5 Å². The molecule has 7 nitrogen and oxygen atoms in total. The van der Waals surface area contributed by atoms with Crippen LogP contribution in [0.4, 0.5) is 10.5 Å². The summed E-state index contributed by atoms with van der Waals surface area (Å²) in [7, 11) is 1.60. The Morgan fingerprint density at radius 3 is 1.88 bits per heavy atom. The third kappa shape index (κ3) is 7.62. The number of ether oxygens (including phenoxy) is 1. The average molecular weight is 577 g/mol. The summed E-state index contributed by atoms with van der Waals surface area (Å²) in [5.74, 6) is 0.728. The number of nitrogens with zero attached hydrogens (tertiary/aromatic N) is 3. The lowest BCUT2D eigenvalue weighted by atomic mass is 9.96. The first-order chi connectivity index (χ1) is 21.0. The SMILES string of the molecule is COc1cccc(NC(=O)N(CCC(=O)N2CCN(C(c3ccccc3)c3ccccc3)CC2)C(C)c2ccccc2)c1. The van der Waals surface area contributed by atoms with Crippen molar-refractivity contribution < 1.29 is 14.3 Å². The van der Waals surface area contributed by atoms with Crippen LogP contribution in [0.3, 0.4) is 0 Å². The molecule has 1 N–H and O–H groups in total. The quantitative estimate of drug-likeness (QED) is 0.231. The maximum atomic E-state index is 13.5. The highest BCUT2D eigenvalue weighted by Gasteiger charge is 2.29. The summed E-state index contributed by atoms with van der Waals surface area (Å²) < 4.78 is 5.31. The van der Waals surface area contributed by atoms with Crippen LogP contribution in [-0.4, -0.2) is 66.5 Å². The van der Waals surface area contributed by atoms with Crippen LogP contribution in [-0.2, 0) is 4.79 Å². The molecule has 0 aliphatic carbocycles. The molecule has 1 aliphatic heterocycles. The Morgan fingerprint density at radius 1 is 0.767 bits per heavy atom. The number of hydrogen-bond acceptors (Lipinski definition) is 4. The number of amides is 3. The summed E-state index contributed by atoms with van der Waals surface area (Å²) >= 11 is 0. The molecule has 1 aliphatic rings. The summed E-state index contributed by atoms with van der Waals surface area (Å²) in [4.78, 5) is 33.2. The molecule has 0 bridgehead atoms. The van der Waals surface area contributed by atoms with Crippen molar-refractivity contribution in [1.82, 2.24) is 14.7 Å². The van der Waals surface area contributed by atoms with Crippen molar-refractivity contribution >= 4 is 17.6 Å². The lowest BCUT2D eigenvalue weighted by Crippen LogP contribution is -2.50. The van der Waals surface area contributed by atoms with Crippen molar-refractivity contribution in [3.8, 4) is 5.75 Å². The lowest BCUT2D eigenvalue weighted by molar-refractivity contribution is -0.133. The van der Waals surface area contributed by atoms with Gasteiger partial charge in [-0.05, 0) is 35.7 Å². The Morgan fingerprint density at radius 2 is 1.33 bits per heavy atom. The maximum absolute atomic E-state index is 13.5. The van der Waals surface area contributed by atoms with E-state index in [0.717, 1.165) is 18.7 Å². The molecule has 0 spiro atoms. The van der Waals surface area contributed by atoms with E-state index in [4.69, 9.17) is 4.74 Å². The zero-order valence-electron chi connectivity index (χ0n) is 24.9. The number of nitrogens with one attached hydrogen (secondary N) is 1. The van der Waals surface area contributed by atoms with Gasteiger partial charge in [0.2, 0.25) is 5.91 Å². The first-order valence-corrected chi connectivity index (χ1v) is 14.9. The number of piperazine rings is 1. The molecular formula is C36H40N4O3. The number of benzene rings is 4. The van der Waals surface area contributed by atoms with Crippen LogP contribution in [0, 0.1) is 0 Å². The summed E-state index contributed by atoms with van der Waals surface area (Å²) in [6.07, 6.45) is 0.253. The van der Waals surface area contributed by atoms with E-state index < -0.39 is 0 Å². The summed E-state index contributed by atoms with van der Waals surface area (Å²) in [5, 5.41) is 3.00. The van der Waals surface area contributed by atoms with Gasteiger partial charge in [0.25, 0.3) is 0 Å². The van der Waals surface area contributed by atoms with Crippen LogP contribution in [0.25, 0.3) is 0 Å². The first kappa shape index (κ1) is 29.9. The molecule has 1 atom stereocenters. The molecule has 0 radical (unpaired) electrons. The topological polar surface area (TPSA) is 65.1 Å². The van der Waals surface area contributed by atoms with Crippen molar-refractivity contribution in [2.45, 2.75) is 25.4 Å². The van der Waals surface area contributed by atoms with Gasteiger partial charge in [0.1, 0.15) is 5.75 Å². The number of carbonyl (C=O) groups is 2. The van der Waals surface area contributed by atoms with Crippen molar-refractivity contribution in [2.24, 2.45) is 0 Å². The van der Waals surface area contributed by atoms with Gasteiger partial charge in [-0.2, -0.15) is 0 Å². The van der Waals surface area contributed by atoms with Crippen LogP contribution in [0.1, 0.15) is 42.1 Å². The summed E-state index contributed by atoms with van der Waals surface area (Å²) in [6, 6.07) is 38.0. The van der Waals surface area contributed by atoms with Crippen molar-refractivity contribution in [3.63, 3.8) is 0 Å². The fraction of sp³-hybridized carbons (Fsp3) is 0.278. The number of anilines is 1. The van der Waals surface area contributed by atoms with Gasteiger partial charge in [0, 0.05) is 50.9 Å². The second kappa shape index (κ2) is 14.5. The van der Waals surface area contributed by atoms with Gasteiger partial charge in [0.05, 0.1) is 19.2 Å². The molecule has 0 saturated carbocycles. The Hall–Kier alpha value is -4.62. The van der Waals surface area contributed by atoms with E-state index >= 15 is 0 Å². The van der Waals surface area contributed by atoms with Gasteiger partial charge in [-0.15, -0.1) is 0 Å². The molecule has 1 fully saturated rings. The molecule has 7 heteroatoms. The first-order valence-electron chi connectivity index (χ1n) is 14.9. The average Bonchev–Trinajstić information content (AvgIpc) is 3.06. The predicted octanol–water partition coefficient (Wildman–Crippen LogP) is 6.61. The van der Waals surface area contributed by atoms with Gasteiger partial charge in [-0.3, -0.25) is 9.69 Å². The van der Waals surface area contributed by atoms with Crippen LogP contribution >= 0.6 is 0 Å². The molecule has 4 aromatic carbocycles. The fourth-order valence-corrected chi connectivity index (χ4v) is 5.77. The van der Waals surface area contributed by atoms with Gasteiger partial charge in [-0.1, -0.05) is 97.1 Å². The Balaban J connectivity index is 1.24. The predicted molar refractivity (Wildman–Crippen MR) is 171 cm³/mol. The van der Waals surface area contributed by atoms with Crippen LogP contribution in [0.15, 0.2) is 115 Å². The minimum atomic E-state index is -0.254. The van der Waals surface area contributed by atoms with Crippen molar-refractivity contribution in [1.29, 1.82) is 0 Å². The van der Waals surface area contributed by atoms with E-state index in [0.29, 0.717) is 31.1 Å². The summed E-state index contributed by atoms with van der Waals surface area (Å²) in [5.41, 5.74) is 4.16. The Kier molecular flexibility index (Phi) is 10.1. The molecule has 43 heavy (non-hydrogen) atoms. The molecule has 4 aromatic rings. The minimum Gasteiger partial charge on any atom is -0.497 e. The van der Waals surface area contributed by atoms with E-state index in [1.165, 1.54) is 11.1 Å². The third-order valence-corrected chi connectivity index (χ3v) is 8.16. The van der Waals surface area contributed by atoms with Gasteiger partial charge in [-0.25, -0.2) is 4.79 Å². The highest BCUT2D eigenvalue weighted by molar-refractivity contribution is 5.90. The largest absolute Gasteiger partial charge is 0.497 e. The molecule has 3 amide bonds. The maximum Gasteiger partial charge on any atom is 0.322 e. The normalized spacial score (nSPS) is 14.3. The van der Waals surface area contributed by atoms with Crippen molar-refractivity contribution in [2.75, 3.05) is 45.2 Å². The molecule has 1 unspecified atom stereocenters. The van der Waals surface area contributed by atoms with Crippen LogP contribution in [0.2, 0.25) is 0 Å². The molecule has 222 valence electrons. The lowest BCUT2D eigenvalue weighted by Gasteiger charge is -2.40. The molecule has 1 saturated heterocycles. The number of hydrogen-bond donors (Lipinski definition) is 1. The van der Waals surface area contributed by atoms with Gasteiger partial charge in [0.15, 0.2) is 0 Å². The van der Waals surface area contributed by atoms with Crippen LogP contribution in [0.5, 0.6) is 5.75 Å². The monoisotopic (exact) mass is 576 g/mol. The number of carbonyl (C=O) groups excluding carboxylic acids is 2. The number of urea groups is 1. The van der Waals surface area contributed by atoms with E-state index in [1.54, 1.807) is 18.1 Å². The highest BCUT2D eigenvalue weighted by atomic mass is 16.5. The smallest absolute Gasteiger partial charge is 0.322 e. The van der Waals surface area contributed by atoms with Gasteiger partial charge >= 0.3 is 6.03 Å². The number of rotatable bonds is 10. The molecular weight excluding hydrogens is 536 g/mol. The zero-order chi connectivity index (χ0) is 30.0. The highest BCUT2D eigenvalue weighted by Crippen LogP contribution is 2.30. The van der Waals surface area contributed by atoms with Crippen LogP contribution < -0.4 is 10.1 Å². The Labute approximate surface area is 254 Å². The fourth-order valence-electron chi connectivity index (χ4n) is 5.77. The second-order valence-electron chi connectivity index (χ2n) is 10.8. The standard InChI is InChI=1S/C36H40N4O3/c1-28(29-13-6-3-7-14-29)40(36(42)37-32-19-12-20-33(27-32)43-2)22-21-34(41)38-23-25-39(26-24-38)35(30-15-8-4-9-16-30)31-17-10-5-11-18-31/h3-20,27-28,35H,21-26H2,1-2H3,(H,37,42). The van der Waals surface area contributed by atoms with E-state index in [9.17, 15) is 9.59 Å².